The highest BCUT2D eigenvalue weighted by Crippen LogP contribution is 2.22. The summed E-state index contributed by atoms with van der Waals surface area (Å²) in [6, 6.07) is 16.0. The summed E-state index contributed by atoms with van der Waals surface area (Å²) >= 11 is 0. The third-order valence-corrected chi connectivity index (χ3v) is 6.27. The van der Waals surface area contributed by atoms with E-state index in [9.17, 15) is 18.0 Å². The fourth-order valence-electron chi connectivity index (χ4n) is 2.97. The highest BCUT2D eigenvalue weighted by atomic mass is 32.2. The standard InChI is InChI=1S/C20H21NO5S/c22-19(12-16-10-11-27(24,25)14-16)26-13-15-6-8-17(9-7-15)20(23)21-18-4-2-1-3-5-18/h1-9,16H,10-14H2,(H,21,23)/t16-/m0/s1. The second-order valence-corrected chi connectivity index (χ2v) is 8.88. The summed E-state index contributed by atoms with van der Waals surface area (Å²) < 4.78 is 28.1. The lowest BCUT2D eigenvalue weighted by Gasteiger charge is -2.09. The molecule has 0 aromatic heterocycles. The third kappa shape index (κ3) is 5.65. The maximum absolute atomic E-state index is 12.2. The van der Waals surface area contributed by atoms with Crippen molar-refractivity contribution < 1.29 is 22.7 Å². The molecule has 0 saturated carbocycles. The van der Waals surface area contributed by atoms with Crippen LogP contribution in [-0.2, 0) is 26.0 Å². The van der Waals surface area contributed by atoms with E-state index in [1.807, 2.05) is 18.2 Å². The van der Waals surface area contributed by atoms with Gasteiger partial charge in [-0.2, -0.15) is 0 Å². The van der Waals surface area contributed by atoms with Gasteiger partial charge in [0.2, 0.25) is 0 Å². The third-order valence-electron chi connectivity index (χ3n) is 4.43. The van der Waals surface area contributed by atoms with Gasteiger partial charge in [-0.3, -0.25) is 9.59 Å². The van der Waals surface area contributed by atoms with Crippen molar-refractivity contribution in [2.75, 3.05) is 16.8 Å². The maximum Gasteiger partial charge on any atom is 0.306 e. The fourth-order valence-corrected chi connectivity index (χ4v) is 4.83. The first-order valence-corrected chi connectivity index (χ1v) is 10.5. The second kappa shape index (κ2) is 8.35. The first-order chi connectivity index (χ1) is 12.9. The van der Waals surface area contributed by atoms with Crippen molar-refractivity contribution in [3.05, 3.63) is 65.7 Å². The van der Waals surface area contributed by atoms with E-state index < -0.39 is 15.8 Å². The normalized spacial score (nSPS) is 18.0. The first-order valence-electron chi connectivity index (χ1n) is 8.73. The lowest BCUT2D eigenvalue weighted by Crippen LogP contribution is -2.13. The zero-order chi connectivity index (χ0) is 19.3. The number of esters is 1. The molecule has 0 spiro atoms. The molecule has 27 heavy (non-hydrogen) atoms. The lowest BCUT2D eigenvalue weighted by atomic mass is 10.1. The molecular formula is C20H21NO5S. The minimum atomic E-state index is -2.99. The summed E-state index contributed by atoms with van der Waals surface area (Å²) in [5.41, 5.74) is 1.98. The Morgan fingerprint density at radius 3 is 2.37 bits per heavy atom. The Balaban J connectivity index is 1.47. The smallest absolute Gasteiger partial charge is 0.306 e. The Kier molecular flexibility index (Phi) is 5.91. The molecule has 1 N–H and O–H groups in total. The maximum atomic E-state index is 12.2. The van der Waals surface area contributed by atoms with E-state index in [4.69, 9.17) is 4.74 Å². The summed E-state index contributed by atoms with van der Waals surface area (Å²) in [4.78, 5) is 24.1. The van der Waals surface area contributed by atoms with E-state index >= 15 is 0 Å². The van der Waals surface area contributed by atoms with Crippen molar-refractivity contribution in [2.45, 2.75) is 19.4 Å². The van der Waals surface area contributed by atoms with Crippen molar-refractivity contribution in [1.82, 2.24) is 0 Å². The van der Waals surface area contributed by atoms with Gasteiger partial charge in [0, 0.05) is 17.7 Å². The van der Waals surface area contributed by atoms with Crippen LogP contribution in [0.3, 0.4) is 0 Å². The molecule has 1 saturated heterocycles. The number of rotatable bonds is 6. The van der Waals surface area contributed by atoms with Crippen LogP contribution in [0.5, 0.6) is 0 Å². The number of ether oxygens (including phenoxy) is 1. The number of para-hydroxylation sites is 1. The van der Waals surface area contributed by atoms with Gasteiger partial charge in [-0.1, -0.05) is 30.3 Å². The quantitative estimate of drug-likeness (QED) is 0.770. The minimum Gasteiger partial charge on any atom is -0.461 e. The number of carbonyl (C=O) groups excluding carboxylic acids is 2. The molecule has 1 aliphatic rings. The molecule has 1 fully saturated rings. The molecule has 6 nitrogen and oxygen atoms in total. The van der Waals surface area contributed by atoms with Crippen LogP contribution in [0.2, 0.25) is 0 Å². The average molecular weight is 387 g/mol. The summed E-state index contributed by atoms with van der Waals surface area (Å²) in [6.07, 6.45) is 0.638. The van der Waals surface area contributed by atoms with E-state index in [0.717, 1.165) is 11.3 Å². The van der Waals surface area contributed by atoms with E-state index in [-0.39, 0.29) is 36.4 Å². The first kappa shape index (κ1) is 19.1. The van der Waals surface area contributed by atoms with Crippen molar-refractivity contribution in [3.8, 4) is 0 Å². The molecular weight excluding hydrogens is 366 g/mol. The molecule has 7 heteroatoms. The van der Waals surface area contributed by atoms with Gasteiger partial charge in [-0.15, -0.1) is 0 Å². The predicted octanol–water partition coefficient (Wildman–Crippen LogP) is 2.81. The number of carbonyl (C=O) groups is 2. The average Bonchev–Trinajstić information content (AvgIpc) is 2.99. The lowest BCUT2D eigenvalue weighted by molar-refractivity contribution is -0.145. The summed E-state index contributed by atoms with van der Waals surface area (Å²) in [7, 11) is -2.99. The highest BCUT2D eigenvalue weighted by molar-refractivity contribution is 7.91. The molecule has 142 valence electrons. The van der Waals surface area contributed by atoms with Gasteiger partial charge >= 0.3 is 5.97 Å². The number of hydrogen-bond acceptors (Lipinski definition) is 5. The van der Waals surface area contributed by atoms with Crippen molar-refractivity contribution >= 4 is 27.4 Å². The summed E-state index contributed by atoms with van der Waals surface area (Å²) in [6.45, 7) is 0.0961. The molecule has 1 atom stereocenters. The SMILES string of the molecule is O=C(C[C@@H]1CCS(=O)(=O)C1)OCc1ccc(C(=O)Nc2ccccc2)cc1. The van der Waals surface area contributed by atoms with E-state index in [1.54, 1.807) is 36.4 Å². The topological polar surface area (TPSA) is 89.5 Å². The Labute approximate surface area is 158 Å². The molecule has 0 bridgehead atoms. The largest absolute Gasteiger partial charge is 0.461 e. The van der Waals surface area contributed by atoms with Crippen LogP contribution >= 0.6 is 0 Å². The Morgan fingerprint density at radius 2 is 1.74 bits per heavy atom. The van der Waals surface area contributed by atoms with E-state index in [0.29, 0.717) is 12.0 Å². The number of sulfone groups is 1. The van der Waals surface area contributed by atoms with Gasteiger partial charge in [-0.05, 0) is 42.2 Å². The Bertz CT molecular complexity index is 907. The molecule has 2 aromatic rings. The monoisotopic (exact) mass is 387 g/mol. The summed E-state index contributed by atoms with van der Waals surface area (Å²) in [5, 5.41) is 2.80. The highest BCUT2D eigenvalue weighted by Gasteiger charge is 2.29. The van der Waals surface area contributed by atoms with E-state index in [2.05, 4.69) is 5.32 Å². The molecule has 1 heterocycles. The van der Waals surface area contributed by atoms with Crippen LogP contribution in [0.4, 0.5) is 5.69 Å². The van der Waals surface area contributed by atoms with Gasteiger partial charge in [0.15, 0.2) is 9.84 Å². The van der Waals surface area contributed by atoms with Crippen molar-refractivity contribution in [1.29, 1.82) is 0 Å². The van der Waals surface area contributed by atoms with Crippen LogP contribution in [0, 0.1) is 5.92 Å². The van der Waals surface area contributed by atoms with Crippen molar-refractivity contribution in [3.63, 3.8) is 0 Å². The Hall–Kier alpha value is -2.67. The molecule has 1 amide bonds. The zero-order valence-corrected chi connectivity index (χ0v) is 15.6. The van der Waals surface area contributed by atoms with Crippen LogP contribution in [-0.4, -0.2) is 31.8 Å². The predicted molar refractivity (Wildman–Crippen MR) is 102 cm³/mol. The van der Waals surface area contributed by atoms with Crippen LogP contribution < -0.4 is 5.32 Å². The van der Waals surface area contributed by atoms with Gasteiger partial charge in [-0.25, -0.2) is 8.42 Å². The van der Waals surface area contributed by atoms with E-state index in [1.165, 1.54) is 0 Å². The minimum absolute atomic E-state index is 0.0628. The van der Waals surface area contributed by atoms with Gasteiger partial charge in [0.05, 0.1) is 11.5 Å². The van der Waals surface area contributed by atoms with Crippen LogP contribution in [0.15, 0.2) is 54.6 Å². The van der Waals surface area contributed by atoms with Gasteiger partial charge in [0.25, 0.3) is 5.91 Å². The van der Waals surface area contributed by atoms with Crippen molar-refractivity contribution in [2.24, 2.45) is 5.92 Å². The Morgan fingerprint density at radius 1 is 1.04 bits per heavy atom. The van der Waals surface area contributed by atoms with Crippen LogP contribution in [0.25, 0.3) is 0 Å². The number of anilines is 1. The fraction of sp³-hybridized carbons (Fsp3) is 0.300. The van der Waals surface area contributed by atoms with Gasteiger partial charge < -0.3 is 10.1 Å². The molecule has 2 aromatic carbocycles. The molecule has 1 aliphatic heterocycles. The molecule has 0 radical (unpaired) electrons. The number of nitrogens with one attached hydrogen (secondary N) is 1. The van der Waals surface area contributed by atoms with Gasteiger partial charge in [0.1, 0.15) is 6.61 Å². The number of hydrogen-bond donors (Lipinski definition) is 1. The number of amides is 1. The number of benzene rings is 2. The molecule has 0 aliphatic carbocycles. The van der Waals surface area contributed by atoms with Crippen LogP contribution in [0.1, 0.15) is 28.8 Å². The summed E-state index contributed by atoms with van der Waals surface area (Å²) in [5.74, 6) is -0.549. The second-order valence-electron chi connectivity index (χ2n) is 6.65. The molecule has 3 rings (SSSR count). The zero-order valence-electron chi connectivity index (χ0n) is 14.8. The molecule has 0 unspecified atom stereocenters.